The molecule has 0 N–H and O–H groups in total. The number of fused-ring (bicyclic) bond motifs is 3. The van der Waals surface area contributed by atoms with Gasteiger partial charge in [0, 0.05) is 0 Å². The van der Waals surface area contributed by atoms with Crippen LogP contribution in [0.3, 0.4) is 0 Å². The maximum Gasteiger partial charge on any atom is -0.0146 e. The SMILES string of the molecule is c1ccc2c(c1)C1=C2CC1. The third-order valence-electron chi connectivity index (χ3n) is 2.57. The van der Waals surface area contributed by atoms with Crippen molar-refractivity contribution in [2.75, 3.05) is 0 Å². The second-order valence-electron chi connectivity index (χ2n) is 3.00. The van der Waals surface area contributed by atoms with Crippen LogP contribution in [0, 0.1) is 0 Å². The van der Waals surface area contributed by atoms with Gasteiger partial charge in [0.15, 0.2) is 0 Å². The summed E-state index contributed by atoms with van der Waals surface area (Å²) in [5.74, 6) is 0. The zero-order valence-electron chi connectivity index (χ0n) is 5.72. The Kier molecular flexibility index (Phi) is 0.634. The van der Waals surface area contributed by atoms with Crippen LogP contribution >= 0.6 is 0 Å². The topological polar surface area (TPSA) is 0 Å². The fourth-order valence-electron chi connectivity index (χ4n) is 1.92. The van der Waals surface area contributed by atoms with Crippen LogP contribution in [0.4, 0.5) is 0 Å². The molecule has 2 aliphatic rings. The minimum atomic E-state index is 1.33. The Hall–Kier alpha value is -1.04. The number of allylic oxidation sites excluding steroid dienone is 2. The van der Waals surface area contributed by atoms with Gasteiger partial charge in [-0.2, -0.15) is 0 Å². The van der Waals surface area contributed by atoms with Crippen molar-refractivity contribution in [3.63, 3.8) is 0 Å². The van der Waals surface area contributed by atoms with Gasteiger partial charge in [-0.05, 0) is 35.1 Å². The molecule has 0 aliphatic heterocycles. The molecule has 0 saturated carbocycles. The van der Waals surface area contributed by atoms with Crippen LogP contribution in [0.2, 0.25) is 0 Å². The highest BCUT2D eigenvalue weighted by Crippen LogP contribution is 2.52. The molecule has 0 atom stereocenters. The molecule has 1 aromatic carbocycles. The Morgan fingerprint density at radius 3 is 1.70 bits per heavy atom. The van der Waals surface area contributed by atoms with E-state index in [0.717, 1.165) is 0 Å². The van der Waals surface area contributed by atoms with E-state index in [1.165, 1.54) is 24.0 Å². The molecule has 0 fully saturated rings. The summed E-state index contributed by atoms with van der Waals surface area (Å²) < 4.78 is 0. The van der Waals surface area contributed by atoms with Gasteiger partial charge in [0.2, 0.25) is 0 Å². The first-order valence-corrected chi connectivity index (χ1v) is 3.78. The van der Waals surface area contributed by atoms with Gasteiger partial charge in [-0.3, -0.25) is 0 Å². The fourth-order valence-corrected chi connectivity index (χ4v) is 1.92. The predicted molar refractivity (Wildman–Crippen MR) is 42.5 cm³/mol. The van der Waals surface area contributed by atoms with Crippen molar-refractivity contribution in [1.29, 1.82) is 0 Å². The van der Waals surface area contributed by atoms with Gasteiger partial charge >= 0.3 is 0 Å². The average molecular weight is 128 g/mol. The molecule has 0 radical (unpaired) electrons. The van der Waals surface area contributed by atoms with Crippen LogP contribution in [0.25, 0.3) is 11.1 Å². The Bertz CT molecular complexity index is 299. The van der Waals surface area contributed by atoms with Crippen molar-refractivity contribution < 1.29 is 0 Å². The zero-order valence-corrected chi connectivity index (χ0v) is 5.72. The monoisotopic (exact) mass is 128 g/mol. The van der Waals surface area contributed by atoms with Crippen molar-refractivity contribution in [2.45, 2.75) is 12.8 Å². The van der Waals surface area contributed by atoms with Crippen LogP contribution in [0.5, 0.6) is 0 Å². The molecule has 0 bridgehead atoms. The summed E-state index contributed by atoms with van der Waals surface area (Å²) in [7, 11) is 0. The minimum absolute atomic E-state index is 1.33. The quantitative estimate of drug-likeness (QED) is 0.504. The van der Waals surface area contributed by atoms with E-state index in [2.05, 4.69) is 24.3 Å². The van der Waals surface area contributed by atoms with Crippen molar-refractivity contribution in [2.24, 2.45) is 0 Å². The second-order valence-corrected chi connectivity index (χ2v) is 3.00. The molecule has 0 heteroatoms. The first-order valence-electron chi connectivity index (χ1n) is 3.78. The third-order valence-corrected chi connectivity index (χ3v) is 2.57. The summed E-state index contributed by atoms with van der Waals surface area (Å²) in [5.41, 5.74) is 6.30. The highest BCUT2D eigenvalue weighted by atomic mass is 14.3. The van der Waals surface area contributed by atoms with E-state index in [4.69, 9.17) is 0 Å². The molecule has 3 rings (SSSR count). The largest absolute Gasteiger partial charge is 0.0616 e. The highest BCUT2D eigenvalue weighted by molar-refractivity contribution is 6.08. The Balaban J connectivity index is 2.30. The van der Waals surface area contributed by atoms with E-state index >= 15 is 0 Å². The zero-order chi connectivity index (χ0) is 6.55. The van der Waals surface area contributed by atoms with Gasteiger partial charge in [-0.25, -0.2) is 0 Å². The van der Waals surface area contributed by atoms with Crippen LogP contribution in [-0.4, -0.2) is 0 Å². The van der Waals surface area contributed by atoms with E-state index in [9.17, 15) is 0 Å². The normalized spacial score (nSPS) is 18.8. The van der Waals surface area contributed by atoms with E-state index in [-0.39, 0.29) is 0 Å². The van der Waals surface area contributed by atoms with E-state index in [0.29, 0.717) is 0 Å². The van der Waals surface area contributed by atoms with Crippen LogP contribution < -0.4 is 0 Å². The fraction of sp³-hybridized carbons (Fsp3) is 0.200. The summed E-state index contributed by atoms with van der Waals surface area (Å²) in [6.45, 7) is 0. The summed E-state index contributed by atoms with van der Waals surface area (Å²) in [5, 5.41) is 0. The molecule has 48 valence electrons. The maximum atomic E-state index is 2.23. The highest BCUT2D eigenvalue weighted by Gasteiger charge is 2.30. The Morgan fingerprint density at radius 1 is 0.800 bits per heavy atom. The van der Waals surface area contributed by atoms with E-state index < -0.39 is 0 Å². The van der Waals surface area contributed by atoms with Crippen molar-refractivity contribution in [3.8, 4) is 0 Å². The molecule has 0 amide bonds. The first kappa shape index (κ1) is 4.73. The molecule has 0 nitrogen and oxygen atoms in total. The standard InChI is InChI=1S/C10H8/c1-2-4-8-7(3-1)9-5-6-10(8)9/h1-4H,5-6H2. The van der Waals surface area contributed by atoms with Crippen LogP contribution in [0.1, 0.15) is 24.0 Å². The third kappa shape index (κ3) is 0.340. The van der Waals surface area contributed by atoms with Crippen LogP contribution in [0.15, 0.2) is 24.3 Å². The smallest absolute Gasteiger partial charge is 0.0146 e. The number of rotatable bonds is 0. The molecule has 1 aromatic rings. The van der Waals surface area contributed by atoms with Gasteiger partial charge < -0.3 is 0 Å². The molecule has 0 spiro atoms. The first-order chi connectivity index (χ1) is 4.97. The van der Waals surface area contributed by atoms with E-state index in [1.807, 2.05) is 0 Å². The molecule has 0 heterocycles. The van der Waals surface area contributed by atoms with Gasteiger partial charge in [0.05, 0.1) is 0 Å². The molecular weight excluding hydrogens is 120 g/mol. The van der Waals surface area contributed by atoms with Crippen molar-refractivity contribution in [1.82, 2.24) is 0 Å². The molecule has 10 heavy (non-hydrogen) atoms. The summed E-state index contributed by atoms with van der Waals surface area (Å²) >= 11 is 0. The predicted octanol–water partition coefficient (Wildman–Crippen LogP) is 2.70. The van der Waals surface area contributed by atoms with E-state index in [1.54, 1.807) is 11.1 Å². The second kappa shape index (κ2) is 1.34. The van der Waals surface area contributed by atoms with Gasteiger partial charge in [0.1, 0.15) is 0 Å². The lowest BCUT2D eigenvalue weighted by molar-refractivity contribution is 0.976. The lowest BCUT2D eigenvalue weighted by atomic mass is 9.69. The minimum Gasteiger partial charge on any atom is -0.0616 e. The lowest BCUT2D eigenvalue weighted by Crippen LogP contribution is -2.14. The van der Waals surface area contributed by atoms with Crippen LogP contribution in [-0.2, 0) is 0 Å². The lowest BCUT2D eigenvalue weighted by Gasteiger charge is -2.35. The van der Waals surface area contributed by atoms with Gasteiger partial charge in [-0.1, -0.05) is 24.3 Å². The van der Waals surface area contributed by atoms with Gasteiger partial charge in [0.25, 0.3) is 0 Å². The maximum absolute atomic E-state index is 2.23. The number of hydrogen-bond donors (Lipinski definition) is 0. The Morgan fingerprint density at radius 2 is 1.30 bits per heavy atom. The Labute approximate surface area is 60.2 Å². The summed E-state index contributed by atoms with van der Waals surface area (Å²) in [4.78, 5) is 0. The molecule has 0 unspecified atom stereocenters. The van der Waals surface area contributed by atoms with Crippen molar-refractivity contribution >= 4 is 11.1 Å². The number of hydrogen-bond acceptors (Lipinski definition) is 0. The van der Waals surface area contributed by atoms with Gasteiger partial charge in [-0.15, -0.1) is 0 Å². The van der Waals surface area contributed by atoms with Crippen molar-refractivity contribution in [3.05, 3.63) is 35.4 Å². The summed E-state index contributed by atoms with van der Waals surface area (Å²) in [6, 6.07) is 8.71. The molecule has 0 saturated heterocycles. The average Bonchev–Trinajstić information content (AvgIpc) is 1.90. The molecule has 0 aromatic heterocycles. The molecule has 2 aliphatic carbocycles. The molecular formula is C10H8. The summed E-state index contributed by atoms with van der Waals surface area (Å²) in [6.07, 6.45) is 2.65. The number of benzene rings is 1.